The van der Waals surface area contributed by atoms with Gasteiger partial charge in [0.1, 0.15) is 0 Å². The van der Waals surface area contributed by atoms with Gasteiger partial charge in [0.2, 0.25) is 0 Å². The van der Waals surface area contributed by atoms with Gasteiger partial charge in [-0.05, 0) is 43.6 Å². The number of nitrogens with zero attached hydrogens (tertiary/aromatic N) is 1. The maximum Gasteiger partial charge on any atom is 0.159 e. The van der Waals surface area contributed by atoms with Gasteiger partial charge < -0.3 is 5.11 Å². The van der Waals surface area contributed by atoms with E-state index in [2.05, 4.69) is 4.90 Å². The number of hydrogen-bond acceptors (Lipinski definition) is 2. The Hall–Kier alpha value is -1.00. The third-order valence-corrected chi connectivity index (χ3v) is 3.33. The van der Waals surface area contributed by atoms with Gasteiger partial charge in [0.15, 0.2) is 11.6 Å². The summed E-state index contributed by atoms with van der Waals surface area (Å²) in [7, 11) is 0. The van der Waals surface area contributed by atoms with Crippen molar-refractivity contribution in [3.63, 3.8) is 0 Å². The molecule has 1 fully saturated rings. The van der Waals surface area contributed by atoms with Crippen molar-refractivity contribution in [2.75, 3.05) is 19.7 Å². The summed E-state index contributed by atoms with van der Waals surface area (Å²) in [5.41, 5.74) is 0.647. The average Bonchev–Trinajstić information content (AvgIpc) is 2.36. The lowest BCUT2D eigenvalue weighted by Gasteiger charge is -2.33. The third-order valence-electron chi connectivity index (χ3n) is 3.33. The topological polar surface area (TPSA) is 23.5 Å². The van der Waals surface area contributed by atoms with Crippen LogP contribution in [-0.4, -0.2) is 29.7 Å². The van der Waals surface area contributed by atoms with Crippen LogP contribution in [0.3, 0.4) is 0 Å². The van der Waals surface area contributed by atoms with Crippen LogP contribution in [-0.2, 0) is 0 Å². The first-order valence-corrected chi connectivity index (χ1v) is 6.02. The van der Waals surface area contributed by atoms with Gasteiger partial charge >= 0.3 is 0 Å². The first kappa shape index (κ1) is 12.5. The van der Waals surface area contributed by atoms with Crippen LogP contribution in [0.1, 0.15) is 30.9 Å². The Balaban J connectivity index is 2.18. The smallest absolute Gasteiger partial charge is 0.159 e. The molecule has 2 rings (SSSR count). The molecule has 0 unspecified atom stereocenters. The SMILES string of the molecule is OC[C@H](c1ccc(F)c(F)c1)N1CCCCC1. The third kappa shape index (κ3) is 2.82. The molecule has 1 saturated heterocycles. The summed E-state index contributed by atoms with van der Waals surface area (Å²) in [6.07, 6.45) is 3.40. The zero-order valence-corrected chi connectivity index (χ0v) is 9.70. The molecule has 0 spiro atoms. The van der Waals surface area contributed by atoms with E-state index in [0.717, 1.165) is 32.0 Å². The molecule has 94 valence electrons. The molecule has 1 atom stereocenters. The zero-order valence-electron chi connectivity index (χ0n) is 9.70. The summed E-state index contributed by atoms with van der Waals surface area (Å²) >= 11 is 0. The summed E-state index contributed by atoms with van der Waals surface area (Å²) in [5.74, 6) is -1.69. The van der Waals surface area contributed by atoms with Crippen LogP contribution in [0.25, 0.3) is 0 Å². The maximum absolute atomic E-state index is 13.2. The van der Waals surface area contributed by atoms with Crippen molar-refractivity contribution in [1.29, 1.82) is 0 Å². The van der Waals surface area contributed by atoms with Crippen molar-refractivity contribution in [3.8, 4) is 0 Å². The Kier molecular flexibility index (Phi) is 4.07. The van der Waals surface area contributed by atoms with E-state index >= 15 is 0 Å². The lowest BCUT2D eigenvalue weighted by Crippen LogP contribution is -2.35. The van der Waals surface area contributed by atoms with Gasteiger partial charge in [0.25, 0.3) is 0 Å². The van der Waals surface area contributed by atoms with E-state index in [-0.39, 0.29) is 12.6 Å². The second-order valence-electron chi connectivity index (χ2n) is 4.47. The summed E-state index contributed by atoms with van der Waals surface area (Å²) in [5, 5.41) is 9.43. The van der Waals surface area contributed by atoms with Crippen LogP contribution in [0.5, 0.6) is 0 Å². The fourth-order valence-electron chi connectivity index (χ4n) is 2.38. The number of benzene rings is 1. The van der Waals surface area contributed by atoms with Gasteiger partial charge in [-0.3, -0.25) is 4.90 Å². The molecular weight excluding hydrogens is 224 g/mol. The highest BCUT2D eigenvalue weighted by molar-refractivity contribution is 5.21. The number of piperidine rings is 1. The Labute approximate surface area is 99.9 Å². The highest BCUT2D eigenvalue weighted by atomic mass is 19.2. The van der Waals surface area contributed by atoms with Crippen molar-refractivity contribution >= 4 is 0 Å². The minimum absolute atomic E-state index is 0.0644. The molecule has 2 nitrogen and oxygen atoms in total. The monoisotopic (exact) mass is 241 g/mol. The molecule has 1 heterocycles. The number of rotatable bonds is 3. The highest BCUT2D eigenvalue weighted by Crippen LogP contribution is 2.25. The van der Waals surface area contributed by atoms with Crippen molar-refractivity contribution in [2.24, 2.45) is 0 Å². The fourth-order valence-corrected chi connectivity index (χ4v) is 2.38. The lowest BCUT2D eigenvalue weighted by molar-refractivity contribution is 0.104. The fraction of sp³-hybridized carbons (Fsp3) is 0.538. The van der Waals surface area contributed by atoms with E-state index in [1.54, 1.807) is 6.07 Å². The van der Waals surface area contributed by atoms with Gasteiger partial charge in [-0.1, -0.05) is 12.5 Å². The first-order valence-electron chi connectivity index (χ1n) is 6.02. The van der Waals surface area contributed by atoms with Crippen molar-refractivity contribution in [1.82, 2.24) is 4.90 Å². The van der Waals surface area contributed by atoms with E-state index in [4.69, 9.17) is 0 Å². The van der Waals surface area contributed by atoms with Crippen LogP contribution >= 0.6 is 0 Å². The largest absolute Gasteiger partial charge is 0.394 e. The molecule has 1 aromatic carbocycles. The predicted molar refractivity (Wildman–Crippen MR) is 61.6 cm³/mol. The number of likely N-dealkylation sites (tertiary alicyclic amines) is 1. The second-order valence-corrected chi connectivity index (χ2v) is 4.47. The molecule has 1 aliphatic rings. The quantitative estimate of drug-likeness (QED) is 0.878. The Bertz CT molecular complexity index is 378. The Morgan fingerprint density at radius 2 is 1.82 bits per heavy atom. The van der Waals surface area contributed by atoms with Crippen LogP contribution in [0.4, 0.5) is 8.78 Å². The van der Waals surface area contributed by atoms with Crippen LogP contribution in [0, 0.1) is 11.6 Å². The molecule has 0 bridgehead atoms. The van der Waals surface area contributed by atoms with Crippen molar-refractivity contribution in [3.05, 3.63) is 35.4 Å². The molecule has 0 amide bonds. The Morgan fingerprint density at radius 1 is 1.12 bits per heavy atom. The number of aliphatic hydroxyl groups excluding tert-OH is 1. The van der Waals surface area contributed by atoms with E-state index in [0.29, 0.717) is 5.56 Å². The predicted octanol–water partition coefficient (Wildman–Crippen LogP) is 2.48. The van der Waals surface area contributed by atoms with Gasteiger partial charge in [-0.15, -0.1) is 0 Å². The van der Waals surface area contributed by atoms with E-state index in [1.165, 1.54) is 12.5 Å². The van der Waals surface area contributed by atoms with Gasteiger partial charge in [-0.2, -0.15) is 0 Å². The van der Waals surface area contributed by atoms with Crippen LogP contribution in [0.15, 0.2) is 18.2 Å². The molecule has 1 aromatic rings. The second kappa shape index (κ2) is 5.56. The van der Waals surface area contributed by atoms with Crippen molar-refractivity contribution in [2.45, 2.75) is 25.3 Å². The normalized spacial score (nSPS) is 19.2. The molecule has 1 aliphatic heterocycles. The number of hydrogen-bond donors (Lipinski definition) is 1. The summed E-state index contributed by atoms with van der Waals surface area (Å²) in [4.78, 5) is 2.14. The molecule has 0 saturated carbocycles. The maximum atomic E-state index is 13.2. The molecular formula is C13H17F2NO. The van der Waals surface area contributed by atoms with Crippen molar-refractivity contribution < 1.29 is 13.9 Å². The highest BCUT2D eigenvalue weighted by Gasteiger charge is 2.22. The number of aliphatic hydroxyl groups is 1. The van der Waals surface area contributed by atoms with Gasteiger partial charge in [-0.25, -0.2) is 8.78 Å². The Morgan fingerprint density at radius 3 is 2.41 bits per heavy atom. The summed E-state index contributed by atoms with van der Waals surface area (Å²) in [6, 6.07) is 3.64. The standard InChI is InChI=1S/C13H17F2NO/c14-11-5-4-10(8-12(11)15)13(9-17)16-6-2-1-3-7-16/h4-5,8,13,17H,1-3,6-7,9H2/t13-/m1/s1. The number of halogens is 2. The van der Waals surface area contributed by atoms with Crippen LogP contribution < -0.4 is 0 Å². The van der Waals surface area contributed by atoms with E-state index in [9.17, 15) is 13.9 Å². The van der Waals surface area contributed by atoms with E-state index in [1.807, 2.05) is 0 Å². The van der Waals surface area contributed by atoms with E-state index < -0.39 is 11.6 Å². The van der Waals surface area contributed by atoms with Gasteiger partial charge in [0, 0.05) is 0 Å². The average molecular weight is 241 g/mol. The molecule has 0 aromatic heterocycles. The first-order chi connectivity index (χ1) is 8.22. The zero-order chi connectivity index (χ0) is 12.3. The summed E-state index contributed by atoms with van der Waals surface area (Å²) < 4.78 is 26.0. The molecule has 0 radical (unpaired) electrons. The van der Waals surface area contributed by atoms with Crippen LogP contribution in [0.2, 0.25) is 0 Å². The minimum Gasteiger partial charge on any atom is -0.394 e. The minimum atomic E-state index is -0.849. The molecule has 4 heteroatoms. The lowest BCUT2D eigenvalue weighted by atomic mass is 10.0. The summed E-state index contributed by atoms with van der Waals surface area (Å²) in [6.45, 7) is 1.75. The molecule has 17 heavy (non-hydrogen) atoms. The van der Waals surface area contributed by atoms with Gasteiger partial charge in [0.05, 0.1) is 12.6 Å². The molecule has 0 aliphatic carbocycles. The molecule has 1 N–H and O–H groups in total.